The monoisotopic (exact) mass is 372 g/mol. The zero-order valence-corrected chi connectivity index (χ0v) is 17.1. The van der Waals surface area contributed by atoms with Gasteiger partial charge < -0.3 is 20.0 Å². The summed E-state index contributed by atoms with van der Waals surface area (Å²) >= 11 is 0. The van der Waals surface area contributed by atoms with Gasteiger partial charge in [-0.15, -0.1) is 0 Å². The van der Waals surface area contributed by atoms with Crippen molar-refractivity contribution < 1.29 is 4.79 Å². The fourth-order valence-corrected chi connectivity index (χ4v) is 4.29. The number of benzene rings is 1. The summed E-state index contributed by atoms with van der Waals surface area (Å²) < 4.78 is 0. The van der Waals surface area contributed by atoms with Crippen molar-refractivity contribution in [2.45, 2.75) is 51.5 Å². The Bertz CT molecular complexity index is 598. The Kier molecular flexibility index (Phi) is 7.53. The minimum absolute atomic E-state index is 0.0848. The normalized spacial score (nSPS) is 22.0. The first-order valence-electron chi connectivity index (χ1n) is 10.7. The topological polar surface area (TPSA) is 38.8 Å². The molecule has 1 atom stereocenters. The van der Waals surface area contributed by atoms with Crippen molar-refractivity contribution in [3.05, 3.63) is 29.8 Å². The van der Waals surface area contributed by atoms with Crippen LogP contribution in [0.2, 0.25) is 0 Å². The predicted octanol–water partition coefficient (Wildman–Crippen LogP) is 3.66. The molecule has 150 valence electrons. The molecule has 0 unspecified atom stereocenters. The molecule has 27 heavy (non-hydrogen) atoms. The third-order valence-electron chi connectivity index (χ3n) is 6.04. The average molecular weight is 373 g/mol. The van der Waals surface area contributed by atoms with Gasteiger partial charge >= 0.3 is 6.03 Å². The van der Waals surface area contributed by atoms with E-state index in [-0.39, 0.29) is 6.03 Å². The van der Waals surface area contributed by atoms with Crippen LogP contribution in [0.5, 0.6) is 0 Å². The molecular weight excluding hydrogens is 336 g/mol. The van der Waals surface area contributed by atoms with Crippen LogP contribution in [0, 0.1) is 0 Å². The molecule has 1 N–H and O–H groups in total. The lowest BCUT2D eigenvalue weighted by Gasteiger charge is -2.38. The quantitative estimate of drug-likeness (QED) is 0.828. The van der Waals surface area contributed by atoms with Gasteiger partial charge in [0.25, 0.3) is 0 Å². The summed E-state index contributed by atoms with van der Waals surface area (Å²) in [6.07, 6.45) is 6.68. The maximum absolute atomic E-state index is 13.0. The Morgan fingerprint density at radius 3 is 2.67 bits per heavy atom. The number of hydrogen-bond acceptors (Lipinski definition) is 3. The molecule has 1 aromatic carbocycles. The van der Waals surface area contributed by atoms with Crippen molar-refractivity contribution in [3.8, 4) is 0 Å². The minimum atomic E-state index is 0.0848. The van der Waals surface area contributed by atoms with E-state index in [1.165, 1.54) is 12.0 Å². The van der Waals surface area contributed by atoms with Crippen LogP contribution in [0.15, 0.2) is 24.3 Å². The molecule has 0 saturated carbocycles. The summed E-state index contributed by atoms with van der Waals surface area (Å²) in [5.41, 5.74) is 2.21. The zero-order valence-electron chi connectivity index (χ0n) is 17.1. The summed E-state index contributed by atoms with van der Waals surface area (Å²) in [6, 6.07) is 8.68. The number of nitrogens with one attached hydrogen (secondary N) is 1. The van der Waals surface area contributed by atoms with E-state index in [2.05, 4.69) is 46.1 Å². The van der Waals surface area contributed by atoms with Crippen molar-refractivity contribution >= 4 is 11.7 Å². The zero-order chi connectivity index (χ0) is 19.1. The number of rotatable bonds is 6. The molecule has 0 bridgehead atoms. The van der Waals surface area contributed by atoms with Crippen molar-refractivity contribution in [3.63, 3.8) is 0 Å². The van der Waals surface area contributed by atoms with Gasteiger partial charge in [-0.2, -0.15) is 0 Å². The van der Waals surface area contributed by atoms with E-state index in [0.717, 1.165) is 77.1 Å². The second kappa shape index (κ2) is 10.1. The molecule has 2 fully saturated rings. The third kappa shape index (κ3) is 5.69. The first-order chi connectivity index (χ1) is 13.2. The largest absolute Gasteiger partial charge is 0.322 e. The molecule has 1 aromatic rings. The van der Waals surface area contributed by atoms with E-state index in [9.17, 15) is 4.79 Å². The second-order valence-corrected chi connectivity index (χ2v) is 8.11. The van der Waals surface area contributed by atoms with Crippen LogP contribution >= 0.6 is 0 Å². The molecule has 2 amide bonds. The van der Waals surface area contributed by atoms with Crippen molar-refractivity contribution in [1.29, 1.82) is 0 Å². The molecule has 2 aliphatic rings. The number of carbonyl (C=O) groups is 1. The van der Waals surface area contributed by atoms with E-state index in [4.69, 9.17) is 0 Å². The molecule has 2 heterocycles. The molecule has 0 aliphatic carbocycles. The van der Waals surface area contributed by atoms with E-state index in [1.54, 1.807) is 0 Å². The number of likely N-dealkylation sites (tertiary alicyclic amines) is 1. The first-order valence-corrected chi connectivity index (χ1v) is 10.7. The van der Waals surface area contributed by atoms with Crippen molar-refractivity contribution in [1.82, 2.24) is 14.7 Å². The molecule has 0 aromatic heterocycles. The van der Waals surface area contributed by atoms with E-state index in [1.807, 2.05) is 12.1 Å². The highest BCUT2D eigenvalue weighted by Crippen LogP contribution is 2.23. The number of para-hydroxylation sites is 1. The van der Waals surface area contributed by atoms with Crippen molar-refractivity contribution in [2.24, 2.45) is 0 Å². The molecule has 2 saturated heterocycles. The summed E-state index contributed by atoms with van der Waals surface area (Å²) in [7, 11) is 2.20. The number of aryl methyl sites for hydroxylation is 1. The predicted molar refractivity (Wildman–Crippen MR) is 112 cm³/mol. The fraction of sp³-hybridized carbons (Fsp3) is 0.682. The van der Waals surface area contributed by atoms with Crippen LogP contribution in [-0.2, 0) is 6.42 Å². The van der Waals surface area contributed by atoms with Gasteiger partial charge in [0.05, 0.1) is 0 Å². The van der Waals surface area contributed by atoms with Gasteiger partial charge in [0.15, 0.2) is 0 Å². The molecule has 3 rings (SSSR count). The van der Waals surface area contributed by atoms with Crippen LogP contribution < -0.4 is 5.32 Å². The van der Waals surface area contributed by atoms with Crippen LogP contribution in [0.1, 0.15) is 44.6 Å². The Labute approximate surface area is 164 Å². The smallest absolute Gasteiger partial charge is 0.322 e. The van der Waals surface area contributed by atoms with Crippen LogP contribution in [-0.4, -0.2) is 73.1 Å². The molecule has 0 spiro atoms. The lowest BCUT2D eigenvalue weighted by atomic mass is 9.99. The highest BCUT2D eigenvalue weighted by Gasteiger charge is 2.27. The van der Waals surface area contributed by atoms with Gasteiger partial charge in [-0.3, -0.25) is 0 Å². The Morgan fingerprint density at radius 1 is 1.11 bits per heavy atom. The molecule has 0 radical (unpaired) electrons. The third-order valence-corrected chi connectivity index (χ3v) is 6.04. The Hall–Kier alpha value is -1.59. The molecule has 5 heteroatoms. The van der Waals surface area contributed by atoms with Gasteiger partial charge in [0.2, 0.25) is 0 Å². The van der Waals surface area contributed by atoms with Gasteiger partial charge in [-0.05, 0) is 50.8 Å². The Balaban J connectivity index is 1.57. The number of piperidine rings is 1. The van der Waals surface area contributed by atoms with Crippen LogP contribution in [0.3, 0.4) is 0 Å². The fourth-order valence-electron chi connectivity index (χ4n) is 4.29. The number of amides is 2. The van der Waals surface area contributed by atoms with Gasteiger partial charge in [0, 0.05) is 51.0 Å². The summed E-state index contributed by atoms with van der Waals surface area (Å²) in [4.78, 5) is 20.1. The first kappa shape index (κ1) is 20.2. The molecule has 2 aliphatic heterocycles. The van der Waals surface area contributed by atoms with Crippen molar-refractivity contribution in [2.75, 3.05) is 51.6 Å². The number of urea groups is 1. The number of likely N-dealkylation sites (N-methyl/N-ethyl adjacent to an activating group) is 1. The van der Waals surface area contributed by atoms with Crippen LogP contribution in [0.25, 0.3) is 0 Å². The highest BCUT2D eigenvalue weighted by atomic mass is 16.2. The Morgan fingerprint density at radius 2 is 1.89 bits per heavy atom. The highest BCUT2D eigenvalue weighted by molar-refractivity contribution is 5.90. The number of anilines is 1. The van der Waals surface area contributed by atoms with Gasteiger partial charge in [-0.1, -0.05) is 31.5 Å². The number of carbonyl (C=O) groups excluding carboxylic acids is 1. The number of hydrogen-bond donors (Lipinski definition) is 1. The number of piperazine rings is 1. The minimum Gasteiger partial charge on any atom is -0.322 e. The summed E-state index contributed by atoms with van der Waals surface area (Å²) in [6.45, 7) is 8.79. The lowest BCUT2D eigenvalue weighted by molar-refractivity contribution is 0.122. The SMILES string of the molecule is CCCc1ccccc1NC(=O)N1CCCC[C@H]1CCN1CCN(C)CC1. The summed E-state index contributed by atoms with van der Waals surface area (Å²) in [5.74, 6) is 0. The van der Waals surface area contributed by atoms with Crippen LogP contribution in [0.4, 0.5) is 10.5 Å². The second-order valence-electron chi connectivity index (χ2n) is 8.11. The molecular formula is C22H36N4O. The maximum Gasteiger partial charge on any atom is 0.322 e. The maximum atomic E-state index is 13.0. The van der Waals surface area contributed by atoms with E-state index < -0.39 is 0 Å². The standard InChI is InChI=1S/C22H36N4O/c1-3-8-19-9-4-5-11-21(19)23-22(27)26-13-7-6-10-20(26)12-14-25-17-15-24(2)16-18-25/h4-5,9,11,20H,3,6-8,10,12-18H2,1-2H3,(H,23,27)/t20-/m0/s1. The average Bonchev–Trinajstić information content (AvgIpc) is 2.69. The summed E-state index contributed by atoms with van der Waals surface area (Å²) in [5, 5.41) is 3.21. The van der Waals surface area contributed by atoms with Gasteiger partial charge in [-0.25, -0.2) is 4.79 Å². The van der Waals surface area contributed by atoms with E-state index in [0.29, 0.717) is 6.04 Å². The molecule has 5 nitrogen and oxygen atoms in total. The van der Waals surface area contributed by atoms with Gasteiger partial charge in [0.1, 0.15) is 0 Å². The van der Waals surface area contributed by atoms with E-state index >= 15 is 0 Å². The number of nitrogens with zero attached hydrogens (tertiary/aromatic N) is 3. The lowest BCUT2D eigenvalue weighted by Crippen LogP contribution is -2.49.